The maximum Gasteiger partial charge on any atom is 0.177 e. The molecule has 5 heteroatoms. The summed E-state index contributed by atoms with van der Waals surface area (Å²) in [5.74, 6) is 0. The number of hydrogen-bond acceptors (Lipinski definition) is 4. The van der Waals surface area contributed by atoms with Crippen molar-refractivity contribution in [2.24, 2.45) is 0 Å². The Morgan fingerprint density at radius 1 is 1.36 bits per heavy atom. The summed E-state index contributed by atoms with van der Waals surface area (Å²) < 4.78 is 22.6. The van der Waals surface area contributed by atoms with E-state index in [-0.39, 0.29) is 11.4 Å². The number of benzene rings is 1. The van der Waals surface area contributed by atoms with Crippen molar-refractivity contribution in [3.63, 3.8) is 0 Å². The average molecular weight is 213 g/mol. The van der Waals surface area contributed by atoms with Crippen molar-refractivity contribution in [1.29, 1.82) is 0 Å². The third-order valence-electron chi connectivity index (χ3n) is 1.66. The number of carbonyl (C=O) groups is 1. The molecule has 4 nitrogen and oxygen atoms in total. The van der Waals surface area contributed by atoms with E-state index in [2.05, 4.69) is 5.32 Å². The van der Waals surface area contributed by atoms with Crippen LogP contribution in [-0.2, 0) is 14.6 Å². The van der Waals surface area contributed by atoms with Crippen molar-refractivity contribution in [2.45, 2.75) is 4.90 Å². The molecule has 0 amide bonds. The van der Waals surface area contributed by atoms with Crippen molar-refractivity contribution in [3.05, 3.63) is 24.3 Å². The van der Waals surface area contributed by atoms with Crippen LogP contribution < -0.4 is 5.32 Å². The molecule has 0 aliphatic rings. The minimum Gasteiger partial charge on any atom is -0.377 e. The van der Waals surface area contributed by atoms with Gasteiger partial charge in [0, 0.05) is 6.26 Å². The van der Waals surface area contributed by atoms with Crippen LogP contribution in [0, 0.1) is 0 Å². The molecule has 0 atom stereocenters. The number of anilines is 1. The van der Waals surface area contributed by atoms with E-state index in [0.29, 0.717) is 12.0 Å². The molecule has 0 radical (unpaired) electrons. The molecular formula is C9H11NO3S. The molecule has 0 fully saturated rings. The zero-order valence-corrected chi connectivity index (χ0v) is 8.54. The molecule has 0 aliphatic carbocycles. The van der Waals surface area contributed by atoms with Gasteiger partial charge in [-0.3, -0.25) is 0 Å². The second kappa shape index (κ2) is 4.23. The van der Waals surface area contributed by atoms with E-state index in [9.17, 15) is 13.2 Å². The number of rotatable bonds is 4. The van der Waals surface area contributed by atoms with E-state index in [4.69, 9.17) is 0 Å². The van der Waals surface area contributed by atoms with E-state index in [1.165, 1.54) is 6.07 Å². The number of aldehydes is 1. The zero-order valence-electron chi connectivity index (χ0n) is 7.73. The lowest BCUT2D eigenvalue weighted by atomic mass is 10.3. The van der Waals surface area contributed by atoms with Gasteiger partial charge in [0.1, 0.15) is 6.29 Å². The molecule has 0 spiro atoms. The molecule has 0 saturated heterocycles. The molecule has 0 saturated carbocycles. The Morgan fingerprint density at radius 3 is 2.57 bits per heavy atom. The first-order chi connectivity index (χ1) is 6.55. The second-order valence-electron chi connectivity index (χ2n) is 2.82. The van der Waals surface area contributed by atoms with Gasteiger partial charge < -0.3 is 10.1 Å². The van der Waals surface area contributed by atoms with Crippen LogP contribution in [0.3, 0.4) is 0 Å². The van der Waals surface area contributed by atoms with Crippen LogP contribution in [0.4, 0.5) is 5.69 Å². The fraction of sp³-hybridized carbons (Fsp3) is 0.222. The molecule has 1 N–H and O–H groups in total. The molecule has 76 valence electrons. The molecule has 0 unspecified atom stereocenters. The first-order valence-corrected chi connectivity index (χ1v) is 5.91. The number of nitrogens with one attached hydrogen (secondary N) is 1. The Kier molecular flexibility index (Phi) is 3.24. The third kappa shape index (κ3) is 2.56. The molecule has 1 aromatic rings. The zero-order chi connectivity index (χ0) is 10.6. The van der Waals surface area contributed by atoms with Gasteiger partial charge in [0.2, 0.25) is 0 Å². The first kappa shape index (κ1) is 10.7. The lowest BCUT2D eigenvalue weighted by Crippen LogP contribution is -2.07. The Morgan fingerprint density at radius 2 is 2.00 bits per heavy atom. The molecule has 0 aromatic heterocycles. The second-order valence-corrected chi connectivity index (χ2v) is 4.80. The van der Waals surface area contributed by atoms with E-state index in [0.717, 1.165) is 6.26 Å². The van der Waals surface area contributed by atoms with Crippen molar-refractivity contribution in [1.82, 2.24) is 0 Å². The van der Waals surface area contributed by atoms with E-state index >= 15 is 0 Å². The fourth-order valence-electron chi connectivity index (χ4n) is 1.09. The average Bonchev–Trinajstić information content (AvgIpc) is 2.14. The van der Waals surface area contributed by atoms with Crippen LogP contribution in [0.2, 0.25) is 0 Å². The summed E-state index contributed by atoms with van der Waals surface area (Å²) >= 11 is 0. The molecule has 0 heterocycles. The smallest absolute Gasteiger partial charge is 0.177 e. The number of sulfone groups is 1. The largest absolute Gasteiger partial charge is 0.377 e. The standard InChI is InChI=1S/C9H11NO3S/c1-14(12,13)9-5-3-2-4-8(9)10-6-7-11/h2-5,7,10H,6H2,1H3. The van der Waals surface area contributed by atoms with Gasteiger partial charge in [-0.25, -0.2) is 8.42 Å². The molecule has 0 aliphatic heterocycles. The lowest BCUT2D eigenvalue weighted by Gasteiger charge is -2.07. The highest BCUT2D eigenvalue weighted by Gasteiger charge is 2.11. The molecule has 0 bridgehead atoms. The van der Waals surface area contributed by atoms with Gasteiger partial charge in [0.25, 0.3) is 0 Å². The number of carbonyl (C=O) groups excluding carboxylic acids is 1. The van der Waals surface area contributed by atoms with Gasteiger partial charge >= 0.3 is 0 Å². The van der Waals surface area contributed by atoms with Gasteiger partial charge in [-0.2, -0.15) is 0 Å². The van der Waals surface area contributed by atoms with Crippen LogP contribution in [0.15, 0.2) is 29.2 Å². The SMILES string of the molecule is CS(=O)(=O)c1ccccc1NCC=O. The van der Waals surface area contributed by atoms with E-state index < -0.39 is 9.84 Å². The summed E-state index contributed by atoms with van der Waals surface area (Å²) in [6.07, 6.45) is 1.81. The maximum atomic E-state index is 11.3. The van der Waals surface area contributed by atoms with Gasteiger partial charge in [0.05, 0.1) is 17.1 Å². The predicted octanol–water partition coefficient (Wildman–Crippen LogP) is 0.701. The Hall–Kier alpha value is -1.36. The highest BCUT2D eigenvalue weighted by Crippen LogP contribution is 2.19. The summed E-state index contributed by atoms with van der Waals surface area (Å²) in [5.41, 5.74) is 0.460. The van der Waals surface area contributed by atoms with Gasteiger partial charge in [0.15, 0.2) is 9.84 Å². The summed E-state index contributed by atoms with van der Waals surface area (Å²) in [7, 11) is -3.24. The lowest BCUT2D eigenvalue weighted by molar-refractivity contribution is -0.106. The summed E-state index contributed by atoms with van der Waals surface area (Å²) in [6.45, 7) is 0.104. The number of para-hydroxylation sites is 1. The maximum absolute atomic E-state index is 11.3. The molecule has 14 heavy (non-hydrogen) atoms. The summed E-state index contributed by atoms with van der Waals surface area (Å²) in [5, 5.41) is 2.72. The Bertz CT molecular complexity index is 425. The van der Waals surface area contributed by atoms with Gasteiger partial charge in [-0.15, -0.1) is 0 Å². The van der Waals surface area contributed by atoms with Crippen LogP contribution in [0.5, 0.6) is 0 Å². The third-order valence-corrected chi connectivity index (χ3v) is 2.82. The van der Waals surface area contributed by atoms with Crippen LogP contribution in [0.25, 0.3) is 0 Å². The Labute approximate surface area is 82.9 Å². The highest BCUT2D eigenvalue weighted by molar-refractivity contribution is 7.90. The fourth-order valence-corrected chi connectivity index (χ4v) is 1.95. The van der Waals surface area contributed by atoms with Crippen LogP contribution in [-0.4, -0.2) is 27.5 Å². The van der Waals surface area contributed by atoms with Gasteiger partial charge in [-0.1, -0.05) is 12.1 Å². The normalized spacial score (nSPS) is 10.9. The Balaban J connectivity index is 3.10. The summed E-state index contributed by atoms with van der Waals surface area (Å²) in [4.78, 5) is 10.3. The van der Waals surface area contributed by atoms with Crippen LogP contribution in [0.1, 0.15) is 0 Å². The predicted molar refractivity (Wildman–Crippen MR) is 54.1 cm³/mol. The topological polar surface area (TPSA) is 63.2 Å². The minimum absolute atomic E-state index is 0.104. The molecule has 1 aromatic carbocycles. The van der Waals surface area contributed by atoms with Crippen LogP contribution >= 0.6 is 0 Å². The van der Waals surface area contributed by atoms with E-state index in [1.807, 2.05) is 0 Å². The van der Waals surface area contributed by atoms with Crippen molar-refractivity contribution >= 4 is 21.8 Å². The number of hydrogen-bond donors (Lipinski definition) is 1. The monoisotopic (exact) mass is 213 g/mol. The summed E-state index contributed by atoms with van der Waals surface area (Å²) in [6, 6.07) is 6.48. The quantitative estimate of drug-likeness (QED) is 0.748. The highest BCUT2D eigenvalue weighted by atomic mass is 32.2. The molecule has 1 rings (SSSR count). The minimum atomic E-state index is -3.24. The van der Waals surface area contributed by atoms with Gasteiger partial charge in [-0.05, 0) is 12.1 Å². The van der Waals surface area contributed by atoms with Crippen molar-refractivity contribution < 1.29 is 13.2 Å². The van der Waals surface area contributed by atoms with Crippen molar-refractivity contribution in [2.75, 3.05) is 18.1 Å². The van der Waals surface area contributed by atoms with Crippen molar-refractivity contribution in [3.8, 4) is 0 Å². The van der Waals surface area contributed by atoms with E-state index in [1.54, 1.807) is 18.2 Å². The first-order valence-electron chi connectivity index (χ1n) is 4.02. The molecular weight excluding hydrogens is 202 g/mol.